The van der Waals surface area contributed by atoms with Crippen molar-refractivity contribution in [3.63, 3.8) is 0 Å². The van der Waals surface area contributed by atoms with Crippen molar-refractivity contribution in [3.05, 3.63) is 112 Å². The number of aromatic nitrogens is 2. The van der Waals surface area contributed by atoms with E-state index < -0.39 is 0 Å². The number of benzene rings is 3. The van der Waals surface area contributed by atoms with E-state index >= 15 is 0 Å². The molecule has 1 fully saturated rings. The third-order valence-corrected chi connectivity index (χ3v) is 6.80. The molecule has 39 heavy (non-hydrogen) atoms. The van der Waals surface area contributed by atoms with Crippen LogP contribution in [-0.2, 0) is 24.5 Å². The number of hydrogen-bond acceptors (Lipinski definition) is 5. The lowest BCUT2D eigenvalue weighted by atomic mass is 10.1. The maximum absolute atomic E-state index is 13.0. The van der Waals surface area contributed by atoms with Crippen LogP contribution in [0, 0.1) is 6.92 Å². The van der Waals surface area contributed by atoms with Gasteiger partial charge in [0, 0.05) is 41.6 Å². The Morgan fingerprint density at radius 2 is 1.82 bits per heavy atom. The van der Waals surface area contributed by atoms with E-state index in [2.05, 4.69) is 15.7 Å². The SMILES string of the molecule is Cc1cc(C(=O)Nc2ccc(CN3CCNCC3=O)cc2)nn1Cc1cc(Cl)ccc1OCc1ccccc1. The summed E-state index contributed by atoms with van der Waals surface area (Å²) < 4.78 is 7.85. The van der Waals surface area contributed by atoms with Gasteiger partial charge in [0.1, 0.15) is 12.4 Å². The highest BCUT2D eigenvalue weighted by Gasteiger charge is 2.18. The number of nitrogens with one attached hydrogen (secondary N) is 2. The Hall–Kier alpha value is -4.14. The van der Waals surface area contributed by atoms with Crippen LogP contribution in [0.2, 0.25) is 5.02 Å². The molecule has 200 valence electrons. The average molecular weight is 544 g/mol. The van der Waals surface area contributed by atoms with Gasteiger partial charge in [0.15, 0.2) is 5.69 Å². The summed E-state index contributed by atoms with van der Waals surface area (Å²) in [6.45, 7) is 5.17. The van der Waals surface area contributed by atoms with E-state index in [1.165, 1.54) is 0 Å². The number of rotatable bonds is 9. The van der Waals surface area contributed by atoms with Gasteiger partial charge in [-0.15, -0.1) is 0 Å². The molecule has 0 radical (unpaired) electrons. The van der Waals surface area contributed by atoms with Crippen molar-refractivity contribution in [2.45, 2.75) is 26.6 Å². The van der Waals surface area contributed by atoms with Gasteiger partial charge < -0.3 is 20.3 Å². The molecular formula is C30H30ClN5O3. The molecule has 5 rings (SSSR count). The number of hydrogen-bond donors (Lipinski definition) is 2. The van der Waals surface area contributed by atoms with Crippen LogP contribution in [0.3, 0.4) is 0 Å². The third-order valence-electron chi connectivity index (χ3n) is 6.57. The Kier molecular flexibility index (Phi) is 8.24. The molecule has 0 atom stereocenters. The number of anilines is 1. The Labute approximate surface area is 232 Å². The fourth-order valence-corrected chi connectivity index (χ4v) is 4.61. The molecule has 0 saturated carbocycles. The summed E-state index contributed by atoms with van der Waals surface area (Å²) in [5, 5.41) is 11.1. The normalized spacial score (nSPS) is 13.4. The molecule has 0 aliphatic carbocycles. The highest BCUT2D eigenvalue weighted by molar-refractivity contribution is 6.30. The van der Waals surface area contributed by atoms with Gasteiger partial charge in [0.25, 0.3) is 5.91 Å². The van der Waals surface area contributed by atoms with Crippen LogP contribution in [-0.4, -0.2) is 46.1 Å². The van der Waals surface area contributed by atoms with Crippen LogP contribution in [0.25, 0.3) is 0 Å². The molecule has 8 nitrogen and oxygen atoms in total. The number of piperazine rings is 1. The van der Waals surface area contributed by atoms with E-state index in [1.54, 1.807) is 16.8 Å². The summed E-state index contributed by atoms with van der Waals surface area (Å²) in [5.41, 5.74) is 4.76. The zero-order chi connectivity index (χ0) is 27.2. The fourth-order valence-electron chi connectivity index (χ4n) is 4.41. The van der Waals surface area contributed by atoms with Crippen molar-refractivity contribution in [1.29, 1.82) is 0 Å². The van der Waals surface area contributed by atoms with Gasteiger partial charge in [-0.3, -0.25) is 14.3 Å². The maximum atomic E-state index is 13.0. The minimum absolute atomic E-state index is 0.0947. The van der Waals surface area contributed by atoms with Gasteiger partial charge in [0.2, 0.25) is 5.91 Å². The molecule has 1 aliphatic heterocycles. The van der Waals surface area contributed by atoms with Crippen LogP contribution in [0.1, 0.15) is 32.9 Å². The molecule has 2 amide bonds. The number of halogens is 1. The summed E-state index contributed by atoms with van der Waals surface area (Å²) in [6.07, 6.45) is 0. The quantitative estimate of drug-likeness (QED) is 0.321. The van der Waals surface area contributed by atoms with Crippen molar-refractivity contribution in [3.8, 4) is 5.75 Å². The summed E-state index contributed by atoms with van der Waals surface area (Å²) in [4.78, 5) is 26.8. The van der Waals surface area contributed by atoms with Gasteiger partial charge in [-0.05, 0) is 54.4 Å². The Balaban J connectivity index is 1.23. The molecule has 9 heteroatoms. The molecule has 2 heterocycles. The molecular weight excluding hydrogens is 514 g/mol. The maximum Gasteiger partial charge on any atom is 0.276 e. The number of aryl methyl sites for hydroxylation is 1. The molecule has 4 aromatic rings. The molecule has 1 aromatic heterocycles. The Morgan fingerprint density at radius 1 is 1.03 bits per heavy atom. The Bertz CT molecular complexity index is 1450. The summed E-state index contributed by atoms with van der Waals surface area (Å²) in [6, 6.07) is 24.7. The molecule has 1 aliphatic rings. The largest absolute Gasteiger partial charge is 0.489 e. The first-order chi connectivity index (χ1) is 18.9. The number of nitrogens with zero attached hydrogens (tertiary/aromatic N) is 3. The Morgan fingerprint density at radius 3 is 2.59 bits per heavy atom. The number of ether oxygens (including phenoxy) is 1. The predicted octanol–water partition coefficient (Wildman–Crippen LogP) is 4.66. The highest BCUT2D eigenvalue weighted by atomic mass is 35.5. The summed E-state index contributed by atoms with van der Waals surface area (Å²) >= 11 is 6.29. The van der Waals surface area contributed by atoms with Crippen LogP contribution < -0.4 is 15.4 Å². The van der Waals surface area contributed by atoms with Crippen molar-refractivity contribution in [2.75, 3.05) is 25.0 Å². The first kappa shape index (κ1) is 26.5. The smallest absolute Gasteiger partial charge is 0.276 e. The van der Waals surface area contributed by atoms with Crippen LogP contribution >= 0.6 is 11.6 Å². The van der Waals surface area contributed by atoms with E-state index in [9.17, 15) is 9.59 Å². The second-order valence-corrected chi connectivity index (χ2v) is 9.93. The second kappa shape index (κ2) is 12.1. The van der Waals surface area contributed by atoms with E-state index in [1.807, 2.05) is 78.6 Å². The predicted molar refractivity (Wildman–Crippen MR) is 151 cm³/mol. The minimum atomic E-state index is -0.298. The standard InChI is InChI=1S/C30H30ClN5O3/c1-21-15-27(30(38)33-26-10-7-22(8-11-26)18-35-14-13-32-17-29(35)37)34-36(21)19-24-16-25(31)9-12-28(24)39-20-23-5-3-2-4-6-23/h2-12,15-16,32H,13-14,17-20H2,1H3,(H,33,38). The zero-order valence-corrected chi connectivity index (χ0v) is 22.4. The van der Waals surface area contributed by atoms with Gasteiger partial charge in [0.05, 0.1) is 13.1 Å². The lowest BCUT2D eigenvalue weighted by Crippen LogP contribution is -2.47. The number of carbonyl (C=O) groups is 2. The fraction of sp³-hybridized carbons (Fsp3) is 0.233. The highest BCUT2D eigenvalue weighted by Crippen LogP contribution is 2.25. The zero-order valence-electron chi connectivity index (χ0n) is 21.7. The lowest BCUT2D eigenvalue weighted by molar-refractivity contribution is -0.132. The molecule has 2 N–H and O–H groups in total. The third kappa shape index (κ3) is 6.85. The first-order valence-corrected chi connectivity index (χ1v) is 13.2. The summed E-state index contributed by atoms with van der Waals surface area (Å²) in [5.74, 6) is 0.512. The van der Waals surface area contributed by atoms with E-state index in [0.717, 1.165) is 28.9 Å². The average Bonchev–Trinajstić information content (AvgIpc) is 3.31. The van der Waals surface area contributed by atoms with E-state index in [4.69, 9.17) is 16.3 Å². The topological polar surface area (TPSA) is 88.5 Å². The number of carbonyl (C=O) groups excluding carboxylic acids is 2. The van der Waals surface area contributed by atoms with E-state index in [0.29, 0.717) is 54.9 Å². The molecule has 3 aromatic carbocycles. The van der Waals surface area contributed by atoms with Gasteiger partial charge in [-0.1, -0.05) is 54.1 Å². The molecule has 1 saturated heterocycles. The van der Waals surface area contributed by atoms with Gasteiger partial charge in [-0.25, -0.2) is 0 Å². The summed E-state index contributed by atoms with van der Waals surface area (Å²) in [7, 11) is 0. The van der Waals surface area contributed by atoms with Crippen LogP contribution in [0.15, 0.2) is 78.9 Å². The number of amides is 2. The van der Waals surface area contributed by atoms with Crippen molar-refractivity contribution < 1.29 is 14.3 Å². The molecule has 0 spiro atoms. The van der Waals surface area contributed by atoms with Crippen molar-refractivity contribution in [2.24, 2.45) is 0 Å². The second-order valence-electron chi connectivity index (χ2n) is 9.50. The van der Waals surface area contributed by atoms with E-state index in [-0.39, 0.29) is 11.8 Å². The van der Waals surface area contributed by atoms with Crippen LogP contribution in [0.4, 0.5) is 5.69 Å². The van der Waals surface area contributed by atoms with Crippen molar-refractivity contribution >= 4 is 29.1 Å². The van der Waals surface area contributed by atoms with Gasteiger partial charge >= 0.3 is 0 Å². The lowest BCUT2D eigenvalue weighted by Gasteiger charge is -2.27. The van der Waals surface area contributed by atoms with Crippen molar-refractivity contribution in [1.82, 2.24) is 20.0 Å². The van der Waals surface area contributed by atoms with Gasteiger partial charge in [-0.2, -0.15) is 5.10 Å². The molecule has 0 bridgehead atoms. The van der Waals surface area contributed by atoms with Crippen LogP contribution in [0.5, 0.6) is 5.75 Å². The molecule has 0 unspecified atom stereocenters. The monoisotopic (exact) mass is 543 g/mol. The first-order valence-electron chi connectivity index (χ1n) is 12.8. The minimum Gasteiger partial charge on any atom is -0.489 e.